The van der Waals surface area contributed by atoms with E-state index in [0.29, 0.717) is 24.4 Å². The molecule has 2 rings (SSSR count). The Labute approximate surface area is 218 Å². The van der Waals surface area contributed by atoms with Gasteiger partial charge in [0.05, 0.1) is 35.6 Å². The van der Waals surface area contributed by atoms with Crippen molar-refractivity contribution in [2.45, 2.75) is 98.0 Å². The van der Waals surface area contributed by atoms with Crippen molar-refractivity contribution in [2.75, 3.05) is 0 Å². The second kappa shape index (κ2) is 13.5. The summed E-state index contributed by atoms with van der Waals surface area (Å²) in [6.45, 7) is 9.15. The normalized spacial score (nSPS) is 29.5. The number of carbonyl (C=O) groups excluding carboxylic acids is 2. The first-order valence-electron chi connectivity index (χ1n) is 12.7. The molecule has 1 aliphatic heterocycles. The number of ketones is 1. The van der Waals surface area contributed by atoms with Gasteiger partial charge in [0.15, 0.2) is 0 Å². The van der Waals surface area contributed by atoms with Crippen LogP contribution in [-0.2, 0) is 20.9 Å². The number of aliphatic hydroxyl groups is 2. The number of aliphatic hydroxyl groups excluding tert-OH is 2. The smallest absolute Gasteiger partial charge is 0.309 e. The van der Waals surface area contributed by atoms with Crippen LogP contribution in [0.3, 0.4) is 0 Å². The number of cyclic esters (lactones) is 1. The quantitative estimate of drug-likeness (QED) is 0.386. The highest BCUT2D eigenvalue weighted by Gasteiger charge is 2.43. The summed E-state index contributed by atoms with van der Waals surface area (Å²) < 4.78 is 10.9. The van der Waals surface area contributed by atoms with E-state index in [1.54, 1.807) is 19.9 Å². The molecule has 9 heteroatoms. The topological polar surface area (TPSA) is 136 Å². The van der Waals surface area contributed by atoms with Gasteiger partial charge in [-0.3, -0.25) is 9.59 Å². The van der Waals surface area contributed by atoms with Crippen molar-refractivity contribution in [1.82, 2.24) is 4.98 Å². The van der Waals surface area contributed by atoms with Crippen molar-refractivity contribution in [3.8, 4) is 0 Å². The largest absolute Gasteiger partial charge is 0.456 e. The average Bonchev–Trinajstić information content (AvgIpc) is 3.28. The fraction of sp³-hybridized carbons (Fsp3) is 0.667. The second-order valence-corrected chi connectivity index (χ2v) is 10.8. The van der Waals surface area contributed by atoms with Gasteiger partial charge in [0.2, 0.25) is 5.89 Å². The van der Waals surface area contributed by atoms with Gasteiger partial charge in [-0.25, -0.2) is 4.98 Å². The lowest BCUT2D eigenvalue weighted by Gasteiger charge is -2.35. The molecule has 0 saturated carbocycles. The monoisotopic (exact) mass is 524 g/mol. The number of allylic oxidation sites excluding steroid dienone is 1. The van der Waals surface area contributed by atoms with Crippen LogP contribution < -0.4 is 5.73 Å². The third-order valence-electron chi connectivity index (χ3n) is 7.12. The number of hydrogen-bond donors (Lipinski definition) is 3. The van der Waals surface area contributed by atoms with Gasteiger partial charge < -0.3 is 25.1 Å². The summed E-state index contributed by atoms with van der Waals surface area (Å²) in [6, 6.07) is 0. The van der Waals surface area contributed by atoms with Crippen molar-refractivity contribution < 1.29 is 29.0 Å². The number of esters is 1. The van der Waals surface area contributed by atoms with Gasteiger partial charge in [0.1, 0.15) is 23.8 Å². The van der Waals surface area contributed by atoms with Crippen molar-refractivity contribution in [2.24, 2.45) is 23.0 Å². The van der Waals surface area contributed by atoms with Crippen molar-refractivity contribution in [1.29, 1.82) is 0 Å². The Morgan fingerprint density at radius 2 is 2.03 bits per heavy atom. The van der Waals surface area contributed by atoms with Gasteiger partial charge in [0, 0.05) is 12.3 Å². The van der Waals surface area contributed by atoms with E-state index < -0.39 is 35.6 Å². The SMILES string of the molecule is CC[C@H]1C(=O)C(C)(C)[C@@H](O)CC(=O)O[C@H](C(Cl)=Cc2coc(CN)n2)CC=C(C)CCC[C@H](C)[C@@H]1O. The third-order valence-corrected chi connectivity index (χ3v) is 7.47. The third kappa shape index (κ3) is 8.00. The Balaban J connectivity index is 2.35. The number of nitrogens with zero attached hydrogens (tertiary/aromatic N) is 1. The molecule has 8 nitrogen and oxygen atoms in total. The predicted molar refractivity (Wildman–Crippen MR) is 139 cm³/mol. The molecule has 0 radical (unpaired) electrons. The maximum atomic E-state index is 13.4. The molecule has 1 aliphatic rings. The zero-order valence-electron chi connectivity index (χ0n) is 22.0. The summed E-state index contributed by atoms with van der Waals surface area (Å²) in [4.78, 5) is 30.4. The molecule has 36 heavy (non-hydrogen) atoms. The Morgan fingerprint density at radius 1 is 1.33 bits per heavy atom. The number of hydrogen-bond acceptors (Lipinski definition) is 8. The van der Waals surface area contributed by atoms with Crippen LogP contribution in [-0.4, -0.2) is 45.3 Å². The lowest BCUT2D eigenvalue weighted by molar-refractivity contribution is -0.154. The van der Waals surface area contributed by atoms with Crippen molar-refractivity contribution >= 4 is 29.4 Å². The standard InChI is InChI=1S/C27H41ClN2O6/c1-6-19-25(33)17(3)9-7-8-16(2)10-11-21(20(28)12-18-15-35-23(14-29)30-18)36-24(32)13-22(31)27(4,5)26(19)34/h10,12,15,17,19,21-22,25,31,33H,6-9,11,13-14,29H2,1-5H3/t17-,19+,21-,22-,25-/m0/s1. The highest BCUT2D eigenvalue weighted by Crippen LogP contribution is 2.34. The summed E-state index contributed by atoms with van der Waals surface area (Å²) in [5.41, 5.74) is 5.85. The number of aromatic nitrogens is 1. The van der Waals surface area contributed by atoms with Crippen LogP contribution in [0.4, 0.5) is 0 Å². The lowest BCUT2D eigenvalue weighted by atomic mass is 9.71. The molecule has 2 heterocycles. The Bertz CT molecular complexity index is 954. The minimum Gasteiger partial charge on any atom is -0.456 e. The molecule has 0 spiro atoms. The highest BCUT2D eigenvalue weighted by atomic mass is 35.5. The lowest BCUT2D eigenvalue weighted by Crippen LogP contribution is -2.46. The molecule has 4 N–H and O–H groups in total. The fourth-order valence-electron chi connectivity index (χ4n) is 4.46. The summed E-state index contributed by atoms with van der Waals surface area (Å²) >= 11 is 6.54. The maximum absolute atomic E-state index is 13.4. The molecule has 5 atom stereocenters. The molecule has 0 aliphatic carbocycles. The van der Waals surface area contributed by atoms with Gasteiger partial charge in [-0.15, -0.1) is 0 Å². The number of Topliss-reactive ketones (excluding diaryl/α,β-unsaturated/α-hetero) is 1. The number of carbonyl (C=O) groups is 2. The number of nitrogens with two attached hydrogens (primary N) is 1. The van der Waals surface area contributed by atoms with Gasteiger partial charge in [-0.2, -0.15) is 0 Å². The van der Waals surface area contributed by atoms with Crippen LogP contribution in [0.5, 0.6) is 0 Å². The molecule has 1 aromatic heterocycles. The Kier molecular flexibility index (Phi) is 11.3. The average molecular weight is 525 g/mol. The second-order valence-electron chi connectivity index (χ2n) is 10.3. The summed E-state index contributed by atoms with van der Waals surface area (Å²) in [5, 5.41) is 22.1. The predicted octanol–water partition coefficient (Wildman–Crippen LogP) is 4.51. The van der Waals surface area contributed by atoms with Gasteiger partial charge >= 0.3 is 5.97 Å². The molecule has 0 aromatic carbocycles. The first-order valence-corrected chi connectivity index (χ1v) is 13.1. The van der Waals surface area contributed by atoms with Gasteiger partial charge in [-0.1, -0.05) is 50.9 Å². The minimum absolute atomic E-state index is 0.0801. The highest BCUT2D eigenvalue weighted by molar-refractivity contribution is 6.32. The molecule has 0 fully saturated rings. The maximum Gasteiger partial charge on any atom is 0.309 e. The molecule has 0 saturated heterocycles. The minimum atomic E-state index is -1.29. The molecule has 0 bridgehead atoms. The molecular weight excluding hydrogens is 484 g/mol. The van der Waals surface area contributed by atoms with Crippen LogP contribution in [0, 0.1) is 17.3 Å². The van der Waals surface area contributed by atoms with E-state index in [9.17, 15) is 19.8 Å². The van der Waals surface area contributed by atoms with E-state index in [1.165, 1.54) is 6.26 Å². The van der Waals surface area contributed by atoms with E-state index >= 15 is 0 Å². The van der Waals surface area contributed by atoms with Gasteiger partial charge in [-0.05, 0) is 44.6 Å². The number of ether oxygens (including phenoxy) is 1. The van der Waals surface area contributed by atoms with E-state index in [2.05, 4.69) is 4.98 Å². The Morgan fingerprint density at radius 3 is 2.64 bits per heavy atom. The van der Waals surface area contributed by atoms with Crippen LogP contribution in [0.1, 0.15) is 84.7 Å². The summed E-state index contributed by atoms with van der Waals surface area (Å²) in [7, 11) is 0. The first kappa shape index (κ1) is 30.2. The summed E-state index contributed by atoms with van der Waals surface area (Å²) in [6.07, 6.45) is 4.85. The number of halogens is 1. The van der Waals surface area contributed by atoms with Crippen LogP contribution in [0.15, 0.2) is 27.4 Å². The Hall–Kier alpha value is -2.00. The van der Waals surface area contributed by atoms with Crippen LogP contribution >= 0.6 is 11.6 Å². The van der Waals surface area contributed by atoms with Crippen LogP contribution in [0.2, 0.25) is 0 Å². The zero-order valence-corrected chi connectivity index (χ0v) is 22.8. The summed E-state index contributed by atoms with van der Waals surface area (Å²) in [5.74, 6) is -1.29. The van der Waals surface area contributed by atoms with Crippen LogP contribution in [0.25, 0.3) is 6.08 Å². The van der Waals surface area contributed by atoms with E-state index in [4.69, 9.17) is 26.5 Å². The molecule has 1 aromatic rings. The van der Waals surface area contributed by atoms with Crippen molar-refractivity contribution in [3.05, 3.63) is 34.5 Å². The number of rotatable bonds is 4. The molecular formula is C27H41ClN2O6. The molecule has 202 valence electrons. The first-order chi connectivity index (χ1) is 16.9. The molecule has 0 unspecified atom stereocenters. The zero-order chi connectivity index (χ0) is 27.0. The number of oxazole rings is 1. The van der Waals surface area contributed by atoms with E-state index in [-0.39, 0.29) is 29.7 Å². The van der Waals surface area contributed by atoms with Gasteiger partial charge in [0.25, 0.3) is 0 Å². The van der Waals surface area contributed by atoms with E-state index in [0.717, 1.165) is 24.8 Å². The fourth-order valence-corrected chi connectivity index (χ4v) is 4.71. The van der Waals surface area contributed by atoms with Crippen molar-refractivity contribution in [3.63, 3.8) is 0 Å². The molecule has 0 amide bonds. The van der Waals surface area contributed by atoms with E-state index in [1.807, 2.05) is 26.8 Å².